The molecule has 0 saturated carbocycles. The molecular weight excluding hydrogens is 464 g/mol. The summed E-state index contributed by atoms with van der Waals surface area (Å²) in [5, 5.41) is 79.5. The molecule has 8 N–H and O–H groups in total. The van der Waals surface area contributed by atoms with Gasteiger partial charge in [-0.25, -0.2) is 0 Å². The van der Waals surface area contributed by atoms with E-state index >= 15 is 0 Å². The van der Waals surface area contributed by atoms with Crippen LogP contribution in [-0.2, 0) is 14.2 Å². The van der Waals surface area contributed by atoms with Crippen molar-refractivity contribution in [1.82, 2.24) is 0 Å². The zero-order valence-electron chi connectivity index (χ0n) is 21.1. The van der Waals surface area contributed by atoms with Crippen molar-refractivity contribution in [1.29, 1.82) is 0 Å². The minimum absolute atomic E-state index is 0.188. The summed E-state index contributed by atoms with van der Waals surface area (Å²) in [6.45, 7) is 3.51. The van der Waals surface area contributed by atoms with Gasteiger partial charge in [0.25, 0.3) is 0 Å². The third-order valence-electron chi connectivity index (χ3n) is 6.52. The Bertz CT molecular complexity index is 524. The van der Waals surface area contributed by atoms with Crippen molar-refractivity contribution in [2.75, 3.05) is 19.8 Å². The predicted octanol–water partition coefficient (Wildman–Crippen LogP) is -0.612. The Morgan fingerprint density at radius 1 is 0.800 bits per heavy atom. The van der Waals surface area contributed by atoms with Gasteiger partial charge in [-0.3, -0.25) is 0 Å². The molecule has 0 radical (unpaired) electrons. The Morgan fingerprint density at radius 2 is 1.46 bits per heavy atom. The lowest BCUT2D eigenvalue weighted by Gasteiger charge is -2.41. The zero-order chi connectivity index (χ0) is 26.4. The van der Waals surface area contributed by atoms with Gasteiger partial charge in [0.1, 0.15) is 36.6 Å². The van der Waals surface area contributed by atoms with E-state index in [-0.39, 0.29) is 13.0 Å². The van der Waals surface area contributed by atoms with E-state index in [0.29, 0.717) is 12.3 Å². The smallest absolute Gasteiger partial charge is 0.187 e. The van der Waals surface area contributed by atoms with E-state index in [0.717, 1.165) is 19.3 Å². The molecule has 1 heterocycles. The monoisotopic (exact) mass is 512 g/mol. The molecule has 10 unspecified atom stereocenters. The topological polar surface area (TPSA) is 190 Å². The fourth-order valence-electron chi connectivity index (χ4n) is 4.15. The average Bonchev–Trinajstić information content (AvgIpc) is 2.84. The lowest BCUT2D eigenvalue weighted by molar-refractivity contribution is -0.323. The van der Waals surface area contributed by atoms with Crippen molar-refractivity contribution in [2.45, 2.75) is 127 Å². The van der Waals surface area contributed by atoms with Crippen LogP contribution in [0, 0.1) is 5.92 Å². The zero-order valence-corrected chi connectivity index (χ0v) is 21.1. The first kappa shape index (κ1) is 32.6. The molecule has 1 aliphatic rings. The second-order valence-electron chi connectivity index (χ2n) is 9.58. The van der Waals surface area contributed by atoms with Crippen molar-refractivity contribution in [2.24, 2.45) is 5.92 Å². The maximum absolute atomic E-state index is 10.5. The summed E-state index contributed by atoms with van der Waals surface area (Å²) in [7, 11) is 0. The van der Waals surface area contributed by atoms with E-state index in [1.807, 2.05) is 0 Å². The first-order chi connectivity index (χ1) is 16.7. The number of aliphatic hydroxyl groups is 8. The Balaban J connectivity index is 2.45. The molecule has 1 saturated heterocycles. The highest BCUT2D eigenvalue weighted by Gasteiger charge is 2.46. The minimum atomic E-state index is -1.78. The molecule has 0 amide bonds. The summed E-state index contributed by atoms with van der Waals surface area (Å²) in [4.78, 5) is 0. The molecule has 10 atom stereocenters. The number of unbranched alkanes of at least 4 members (excludes halogenated alkanes) is 4. The van der Waals surface area contributed by atoms with Crippen molar-refractivity contribution in [3.8, 4) is 0 Å². The molecule has 0 spiro atoms. The lowest BCUT2D eigenvalue weighted by atomic mass is 9.97. The molecular formula is C24H48O11. The van der Waals surface area contributed by atoms with Crippen LogP contribution in [0.2, 0.25) is 0 Å². The third-order valence-corrected chi connectivity index (χ3v) is 6.52. The van der Waals surface area contributed by atoms with Crippen LogP contribution >= 0.6 is 0 Å². The summed E-state index contributed by atoms with van der Waals surface area (Å²) >= 11 is 0. The number of hydrogen-bond donors (Lipinski definition) is 8. The average molecular weight is 513 g/mol. The second-order valence-corrected chi connectivity index (χ2v) is 9.58. The third kappa shape index (κ3) is 11.2. The van der Waals surface area contributed by atoms with E-state index in [2.05, 4.69) is 13.8 Å². The van der Waals surface area contributed by atoms with Gasteiger partial charge in [0.15, 0.2) is 12.6 Å². The van der Waals surface area contributed by atoms with Gasteiger partial charge in [-0.1, -0.05) is 58.8 Å². The summed E-state index contributed by atoms with van der Waals surface area (Å²) < 4.78 is 16.0. The highest BCUT2D eigenvalue weighted by atomic mass is 16.7. The van der Waals surface area contributed by atoms with Gasteiger partial charge in [-0.15, -0.1) is 0 Å². The number of hydrogen-bond acceptors (Lipinski definition) is 11. The Kier molecular flexibility index (Phi) is 16.7. The van der Waals surface area contributed by atoms with Gasteiger partial charge in [0, 0.05) is 13.2 Å². The summed E-state index contributed by atoms with van der Waals surface area (Å²) in [5.74, 6) is 0.678. The Hall–Kier alpha value is -0.440. The molecule has 0 aromatic carbocycles. The normalized spacial score (nSPS) is 29.5. The van der Waals surface area contributed by atoms with Gasteiger partial charge in [0.2, 0.25) is 0 Å². The quantitative estimate of drug-likeness (QED) is 0.0814. The van der Waals surface area contributed by atoms with Crippen LogP contribution in [0.15, 0.2) is 0 Å². The number of ether oxygens (including phenoxy) is 3. The molecule has 0 bridgehead atoms. The SMILES string of the molecule is CCCCCC(C)CCCCCOC(O)C(O)C(O)C(CCO)OC1OC(CO)C(O)C(O)C1O. The van der Waals surface area contributed by atoms with Crippen LogP contribution in [-0.4, -0.2) is 116 Å². The van der Waals surface area contributed by atoms with E-state index in [9.17, 15) is 40.9 Å². The molecule has 1 fully saturated rings. The molecule has 11 heteroatoms. The summed E-state index contributed by atoms with van der Waals surface area (Å²) in [6, 6.07) is 0. The van der Waals surface area contributed by atoms with Crippen molar-refractivity contribution in [3.05, 3.63) is 0 Å². The van der Waals surface area contributed by atoms with Crippen LogP contribution in [0.25, 0.3) is 0 Å². The summed E-state index contributed by atoms with van der Waals surface area (Å²) in [6.07, 6.45) is -5.76. The van der Waals surface area contributed by atoms with Crippen LogP contribution < -0.4 is 0 Å². The number of rotatable bonds is 19. The fourth-order valence-corrected chi connectivity index (χ4v) is 4.15. The standard InChI is InChI=1S/C24H48O11/c1-3-4-6-9-15(2)10-7-5-8-13-33-23(32)21(30)18(27)16(11-12-25)34-24-22(31)20(29)19(28)17(14-26)35-24/h15-32H,3-14H2,1-2H3. The van der Waals surface area contributed by atoms with Crippen molar-refractivity contribution in [3.63, 3.8) is 0 Å². The highest BCUT2D eigenvalue weighted by molar-refractivity contribution is 4.90. The first-order valence-corrected chi connectivity index (χ1v) is 12.9. The second kappa shape index (κ2) is 17.9. The number of aliphatic hydroxyl groups excluding tert-OH is 8. The maximum Gasteiger partial charge on any atom is 0.187 e. The molecule has 0 aromatic heterocycles. The van der Waals surface area contributed by atoms with Gasteiger partial charge in [0.05, 0.1) is 12.7 Å². The Labute approximate surface area is 208 Å². The fraction of sp³-hybridized carbons (Fsp3) is 1.00. The molecule has 11 nitrogen and oxygen atoms in total. The lowest BCUT2D eigenvalue weighted by Crippen LogP contribution is -2.60. The van der Waals surface area contributed by atoms with E-state index in [1.165, 1.54) is 25.7 Å². The summed E-state index contributed by atoms with van der Waals surface area (Å²) in [5.41, 5.74) is 0. The van der Waals surface area contributed by atoms with Crippen molar-refractivity contribution < 1.29 is 55.1 Å². The maximum atomic E-state index is 10.5. The van der Waals surface area contributed by atoms with E-state index < -0.39 is 68.5 Å². The minimum Gasteiger partial charge on any atom is -0.396 e. The Morgan fingerprint density at radius 3 is 2.06 bits per heavy atom. The van der Waals surface area contributed by atoms with E-state index in [1.54, 1.807) is 0 Å². The molecule has 210 valence electrons. The predicted molar refractivity (Wildman–Crippen MR) is 126 cm³/mol. The van der Waals surface area contributed by atoms with Crippen LogP contribution in [0.1, 0.15) is 71.6 Å². The van der Waals surface area contributed by atoms with Crippen molar-refractivity contribution >= 4 is 0 Å². The van der Waals surface area contributed by atoms with Crippen LogP contribution in [0.3, 0.4) is 0 Å². The highest BCUT2D eigenvalue weighted by Crippen LogP contribution is 2.25. The van der Waals surface area contributed by atoms with E-state index in [4.69, 9.17) is 14.2 Å². The molecule has 1 aliphatic heterocycles. The first-order valence-electron chi connectivity index (χ1n) is 12.9. The molecule has 0 aliphatic carbocycles. The van der Waals surface area contributed by atoms with Gasteiger partial charge in [-0.2, -0.15) is 0 Å². The molecule has 0 aromatic rings. The molecule has 1 rings (SSSR count). The van der Waals surface area contributed by atoms with Gasteiger partial charge >= 0.3 is 0 Å². The largest absolute Gasteiger partial charge is 0.396 e. The van der Waals surface area contributed by atoms with Crippen LogP contribution in [0.4, 0.5) is 0 Å². The van der Waals surface area contributed by atoms with Gasteiger partial charge < -0.3 is 55.1 Å². The molecule has 35 heavy (non-hydrogen) atoms. The van der Waals surface area contributed by atoms with Gasteiger partial charge in [-0.05, 0) is 18.8 Å². The van der Waals surface area contributed by atoms with Crippen LogP contribution in [0.5, 0.6) is 0 Å².